The van der Waals surface area contributed by atoms with E-state index in [1.54, 1.807) is 28.9 Å². The van der Waals surface area contributed by atoms with Crippen LogP contribution in [0.25, 0.3) is 0 Å². The van der Waals surface area contributed by atoms with Crippen LogP contribution in [-0.4, -0.2) is 83.1 Å². The van der Waals surface area contributed by atoms with E-state index in [4.69, 9.17) is 9.47 Å². The van der Waals surface area contributed by atoms with Crippen LogP contribution in [0.15, 0.2) is 12.4 Å². The van der Waals surface area contributed by atoms with Crippen molar-refractivity contribution in [2.24, 2.45) is 12.5 Å². The lowest BCUT2D eigenvalue weighted by molar-refractivity contribution is -0.150. The number of rotatable bonds is 5. The molecule has 0 bridgehead atoms. The van der Waals surface area contributed by atoms with E-state index in [9.17, 15) is 14.4 Å². The summed E-state index contributed by atoms with van der Waals surface area (Å²) in [5.74, 6) is -0.0194. The van der Waals surface area contributed by atoms with Crippen molar-refractivity contribution in [1.29, 1.82) is 0 Å². The van der Waals surface area contributed by atoms with Crippen LogP contribution in [-0.2, 0) is 26.1 Å². The van der Waals surface area contributed by atoms with Gasteiger partial charge in [0.25, 0.3) is 5.91 Å². The molecule has 28 heavy (non-hydrogen) atoms. The maximum absolute atomic E-state index is 12.8. The van der Waals surface area contributed by atoms with Crippen LogP contribution < -0.4 is 0 Å². The number of aromatic nitrogens is 2. The average molecular weight is 392 g/mol. The fourth-order valence-electron chi connectivity index (χ4n) is 3.77. The van der Waals surface area contributed by atoms with Gasteiger partial charge in [-0.2, -0.15) is 0 Å². The van der Waals surface area contributed by atoms with Gasteiger partial charge < -0.3 is 23.8 Å². The summed E-state index contributed by atoms with van der Waals surface area (Å²) in [4.78, 5) is 44.6. The van der Waals surface area contributed by atoms with Crippen LogP contribution in [0.4, 0.5) is 0 Å². The zero-order valence-corrected chi connectivity index (χ0v) is 16.6. The number of piperidine rings is 1. The second kappa shape index (κ2) is 8.72. The summed E-state index contributed by atoms with van der Waals surface area (Å²) in [7, 11) is 1.79. The van der Waals surface area contributed by atoms with Crippen molar-refractivity contribution in [3.63, 3.8) is 0 Å². The van der Waals surface area contributed by atoms with E-state index in [0.717, 1.165) is 0 Å². The third-order valence-corrected chi connectivity index (χ3v) is 5.60. The predicted octanol–water partition coefficient (Wildman–Crippen LogP) is 0.455. The van der Waals surface area contributed by atoms with E-state index in [2.05, 4.69) is 4.98 Å². The Kier molecular flexibility index (Phi) is 6.33. The van der Waals surface area contributed by atoms with Crippen molar-refractivity contribution in [3.8, 4) is 0 Å². The molecule has 0 aliphatic carbocycles. The Labute approximate surface area is 164 Å². The smallest absolute Gasteiger partial charge is 0.302 e. The SMILES string of the molecule is CC(=O)OCC1(CC(=O)N2CCOCC2)CCN(C(=O)c2nccn2C)CC1. The molecular formula is C19H28N4O5. The number of esters is 1. The van der Waals surface area contributed by atoms with E-state index in [0.29, 0.717) is 64.5 Å². The molecule has 0 atom stereocenters. The van der Waals surface area contributed by atoms with Gasteiger partial charge in [-0.15, -0.1) is 0 Å². The average Bonchev–Trinajstić information content (AvgIpc) is 3.13. The van der Waals surface area contributed by atoms with Gasteiger partial charge in [-0.1, -0.05) is 0 Å². The van der Waals surface area contributed by atoms with E-state index in [1.165, 1.54) is 6.92 Å². The van der Waals surface area contributed by atoms with Gasteiger partial charge in [0.05, 0.1) is 19.8 Å². The van der Waals surface area contributed by atoms with Gasteiger partial charge in [0.15, 0.2) is 5.82 Å². The topological polar surface area (TPSA) is 94.0 Å². The largest absolute Gasteiger partial charge is 0.465 e. The summed E-state index contributed by atoms with van der Waals surface area (Å²) in [6.07, 6.45) is 4.86. The molecule has 3 rings (SSSR count). The van der Waals surface area contributed by atoms with Crippen LogP contribution in [0.3, 0.4) is 0 Å². The summed E-state index contributed by atoms with van der Waals surface area (Å²) in [6, 6.07) is 0. The maximum atomic E-state index is 12.8. The molecule has 0 aromatic carbocycles. The van der Waals surface area contributed by atoms with Crippen LogP contribution >= 0.6 is 0 Å². The molecule has 2 saturated heterocycles. The van der Waals surface area contributed by atoms with Crippen molar-refractivity contribution in [3.05, 3.63) is 18.2 Å². The number of nitrogens with zero attached hydrogens (tertiary/aromatic N) is 4. The van der Waals surface area contributed by atoms with E-state index in [-0.39, 0.29) is 24.4 Å². The van der Waals surface area contributed by atoms with Gasteiger partial charge in [0, 0.05) is 64.4 Å². The summed E-state index contributed by atoms with van der Waals surface area (Å²) >= 11 is 0. The van der Waals surface area contributed by atoms with Crippen LogP contribution in [0.5, 0.6) is 0 Å². The number of hydrogen-bond donors (Lipinski definition) is 0. The Morgan fingerprint density at radius 3 is 2.39 bits per heavy atom. The monoisotopic (exact) mass is 392 g/mol. The number of morpholine rings is 1. The zero-order valence-electron chi connectivity index (χ0n) is 16.6. The Morgan fingerprint density at radius 2 is 1.82 bits per heavy atom. The van der Waals surface area contributed by atoms with Crippen molar-refractivity contribution in [2.75, 3.05) is 46.0 Å². The molecule has 2 fully saturated rings. The summed E-state index contributed by atoms with van der Waals surface area (Å²) in [5.41, 5.74) is -0.445. The fraction of sp³-hybridized carbons (Fsp3) is 0.684. The van der Waals surface area contributed by atoms with E-state index in [1.807, 2.05) is 4.90 Å². The van der Waals surface area contributed by atoms with Crippen molar-refractivity contribution in [2.45, 2.75) is 26.2 Å². The lowest BCUT2D eigenvalue weighted by Crippen LogP contribution is -2.49. The summed E-state index contributed by atoms with van der Waals surface area (Å²) < 4.78 is 12.3. The number of aryl methyl sites for hydroxylation is 1. The molecule has 9 heteroatoms. The van der Waals surface area contributed by atoms with Crippen molar-refractivity contribution < 1.29 is 23.9 Å². The molecule has 2 aliphatic rings. The minimum atomic E-state index is -0.445. The highest BCUT2D eigenvalue weighted by Gasteiger charge is 2.40. The highest BCUT2D eigenvalue weighted by atomic mass is 16.5. The zero-order chi connectivity index (χ0) is 20.1. The second-order valence-corrected chi connectivity index (χ2v) is 7.60. The normalized spacial score (nSPS) is 19.4. The molecule has 0 spiro atoms. The minimum absolute atomic E-state index is 0.0549. The minimum Gasteiger partial charge on any atom is -0.465 e. The third-order valence-electron chi connectivity index (χ3n) is 5.60. The molecule has 0 unspecified atom stereocenters. The van der Waals surface area contributed by atoms with Gasteiger partial charge in [-0.05, 0) is 12.8 Å². The molecule has 0 N–H and O–H groups in total. The Balaban J connectivity index is 1.65. The molecule has 0 radical (unpaired) electrons. The van der Waals surface area contributed by atoms with Gasteiger partial charge >= 0.3 is 5.97 Å². The lowest BCUT2D eigenvalue weighted by Gasteiger charge is -2.42. The quantitative estimate of drug-likeness (QED) is 0.676. The van der Waals surface area contributed by atoms with E-state index >= 15 is 0 Å². The van der Waals surface area contributed by atoms with Crippen LogP contribution in [0.1, 0.15) is 36.8 Å². The molecule has 3 heterocycles. The Morgan fingerprint density at radius 1 is 1.14 bits per heavy atom. The number of carbonyl (C=O) groups is 3. The first-order valence-electron chi connectivity index (χ1n) is 9.66. The lowest BCUT2D eigenvalue weighted by atomic mass is 9.75. The Bertz CT molecular complexity index is 718. The van der Waals surface area contributed by atoms with Crippen LogP contribution in [0, 0.1) is 5.41 Å². The van der Waals surface area contributed by atoms with Gasteiger partial charge in [-0.3, -0.25) is 14.4 Å². The first-order chi connectivity index (χ1) is 13.4. The van der Waals surface area contributed by atoms with Gasteiger partial charge in [0.1, 0.15) is 0 Å². The first-order valence-corrected chi connectivity index (χ1v) is 9.66. The standard InChI is InChI=1S/C19H28N4O5/c1-15(24)28-14-19(13-16(25)22-9-11-27-12-10-22)3-6-23(7-4-19)18(26)17-20-5-8-21(17)2/h5,8H,3-4,6-7,9-14H2,1-2H3. The van der Waals surface area contributed by atoms with Gasteiger partial charge in [-0.25, -0.2) is 4.98 Å². The Hall–Kier alpha value is -2.42. The molecule has 9 nitrogen and oxygen atoms in total. The molecule has 0 saturated carbocycles. The van der Waals surface area contributed by atoms with Crippen molar-refractivity contribution in [1.82, 2.24) is 19.4 Å². The second-order valence-electron chi connectivity index (χ2n) is 7.60. The molecule has 1 aromatic heterocycles. The van der Waals surface area contributed by atoms with Gasteiger partial charge in [0.2, 0.25) is 5.91 Å². The predicted molar refractivity (Wildman–Crippen MR) is 99.4 cm³/mol. The first kappa shape index (κ1) is 20.3. The number of hydrogen-bond acceptors (Lipinski definition) is 6. The molecule has 154 valence electrons. The number of carbonyl (C=O) groups excluding carboxylic acids is 3. The number of imidazole rings is 1. The number of amides is 2. The molecular weight excluding hydrogens is 364 g/mol. The van der Waals surface area contributed by atoms with Crippen molar-refractivity contribution >= 4 is 17.8 Å². The summed E-state index contributed by atoms with van der Waals surface area (Å²) in [6.45, 7) is 4.86. The number of ether oxygens (including phenoxy) is 2. The maximum Gasteiger partial charge on any atom is 0.302 e. The van der Waals surface area contributed by atoms with Crippen LogP contribution in [0.2, 0.25) is 0 Å². The molecule has 2 amide bonds. The fourth-order valence-corrected chi connectivity index (χ4v) is 3.77. The van der Waals surface area contributed by atoms with E-state index < -0.39 is 5.41 Å². The summed E-state index contributed by atoms with van der Waals surface area (Å²) in [5, 5.41) is 0. The molecule has 1 aromatic rings. The molecule has 2 aliphatic heterocycles. The highest BCUT2D eigenvalue weighted by Crippen LogP contribution is 2.36. The highest BCUT2D eigenvalue weighted by molar-refractivity contribution is 5.90. The number of likely N-dealkylation sites (tertiary alicyclic amines) is 1. The third kappa shape index (κ3) is 4.70.